The highest BCUT2D eigenvalue weighted by Crippen LogP contribution is 2.25. The summed E-state index contributed by atoms with van der Waals surface area (Å²) in [4.78, 5) is 12.5. The van der Waals surface area contributed by atoms with Crippen LogP contribution in [0.5, 0.6) is 0 Å². The van der Waals surface area contributed by atoms with Gasteiger partial charge in [0, 0.05) is 11.3 Å². The van der Waals surface area contributed by atoms with E-state index in [1.54, 1.807) is 0 Å². The summed E-state index contributed by atoms with van der Waals surface area (Å²) in [5.41, 5.74) is 0. The summed E-state index contributed by atoms with van der Waals surface area (Å²) in [7, 11) is 0. The third-order valence-corrected chi connectivity index (χ3v) is 3.32. The number of nitrogens with one attached hydrogen (secondary N) is 2. The van der Waals surface area contributed by atoms with E-state index in [4.69, 9.17) is 0 Å². The molecular weight excluding hydrogens is 234 g/mol. The van der Waals surface area contributed by atoms with Gasteiger partial charge in [-0.05, 0) is 11.4 Å². The largest absolute Gasteiger partial charge is 0.350 e. The maximum absolute atomic E-state index is 12.8. The Morgan fingerprint density at radius 3 is 3.06 bits per heavy atom. The molecule has 0 saturated carbocycles. The van der Waals surface area contributed by atoms with Gasteiger partial charge in [0.15, 0.2) is 0 Å². The van der Waals surface area contributed by atoms with E-state index in [0.717, 1.165) is 4.88 Å². The molecule has 0 aromatic carbocycles. The van der Waals surface area contributed by atoms with Crippen molar-refractivity contribution in [1.29, 1.82) is 0 Å². The highest BCUT2D eigenvalue weighted by atomic mass is 32.1. The predicted octanol–water partition coefficient (Wildman–Crippen LogP) is 1.36. The Hall–Kier alpha value is -1.01. The molecular formula is C10H12F2N2OS. The molecule has 6 heteroatoms. The first-order chi connectivity index (χ1) is 7.57. The van der Waals surface area contributed by atoms with Gasteiger partial charge in [-0.1, -0.05) is 6.07 Å². The summed E-state index contributed by atoms with van der Waals surface area (Å²) in [5, 5.41) is 7.06. The van der Waals surface area contributed by atoms with Gasteiger partial charge in [-0.2, -0.15) is 0 Å². The third kappa shape index (κ3) is 2.76. The topological polar surface area (TPSA) is 41.1 Å². The Balaban J connectivity index is 1.81. The fourth-order valence-electron chi connectivity index (χ4n) is 1.61. The summed E-state index contributed by atoms with van der Waals surface area (Å²) in [6, 6.07) is 3.01. The Kier molecular flexibility index (Phi) is 3.20. The lowest BCUT2D eigenvalue weighted by Gasteiger charge is -2.10. The molecule has 1 aliphatic rings. The number of carbonyl (C=O) groups excluding carboxylic acids is 1. The fraction of sp³-hybridized carbons (Fsp3) is 0.500. The molecule has 0 aliphatic carbocycles. The van der Waals surface area contributed by atoms with Gasteiger partial charge in [-0.25, -0.2) is 8.78 Å². The maximum atomic E-state index is 12.8. The van der Waals surface area contributed by atoms with Crippen LogP contribution in [0.3, 0.4) is 0 Å². The molecule has 1 aromatic heterocycles. The van der Waals surface area contributed by atoms with Crippen molar-refractivity contribution in [3.05, 3.63) is 22.4 Å². The SMILES string of the molecule is O=C(NCc1cccs1)C1CC(F)(F)CN1. The first kappa shape index (κ1) is 11.5. The minimum absolute atomic E-state index is 0.356. The number of halogens is 2. The van der Waals surface area contributed by atoms with Crippen molar-refractivity contribution in [1.82, 2.24) is 10.6 Å². The molecule has 3 nitrogen and oxygen atoms in total. The van der Waals surface area contributed by atoms with E-state index < -0.39 is 24.9 Å². The number of carbonyl (C=O) groups is 1. The van der Waals surface area contributed by atoms with Crippen molar-refractivity contribution in [2.45, 2.75) is 24.9 Å². The smallest absolute Gasteiger partial charge is 0.262 e. The second-order valence-electron chi connectivity index (χ2n) is 3.79. The quantitative estimate of drug-likeness (QED) is 0.845. The summed E-state index contributed by atoms with van der Waals surface area (Å²) < 4.78 is 25.7. The standard InChI is InChI=1S/C10H12F2N2OS/c11-10(12)4-8(14-6-10)9(15)13-5-7-2-1-3-16-7/h1-3,8,14H,4-6H2,(H,13,15). The van der Waals surface area contributed by atoms with E-state index in [1.807, 2.05) is 17.5 Å². The zero-order chi connectivity index (χ0) is 11.6. The average Bonchev–Trinajstić information content (AvgIpc) is 2.83. The number of thiophene rings is 1. The summed E-state index contributed by atoms with van der Waals surface area (Å²) in [5.74, 6) is -3.11. The zero-order valence-electron chi connectivity index (χ0n) is 8.50. The molecule has 1 unspecified atom stereocenters. The Bertz CT molecular complexity index is 367. The van der Waals surface area contributed by atoms with Crippen LogP contribution in [0.15, 0.2) is 17.5 Å². The highest BCUT2D eigenvalue weighted by Gasteiger charge is 2.42. The van der Waals surface area contributed by atoms with Gasteiger partial charge in [0.25, 0.3) is 5.92 Å². The number of amides is 1. The lowest BCUT2D eigenvalue weighted by atomic mass is 10.2. The molecule has 1 atom stereocenters. The molecule has 2 heterocycles. The first-order valence-electron chi connectivity index (χ1n) is 4.98. The van der Waals surface area contributed by atoms with E-state index >= 15 is 0 Å². The molecule has 2 N–H and O–H groups in total. The normalized spacial score (nSPS) is 23.2. The molecule has 0 bridgehead atoms. The summed E-state index contributed by atoms with van der Waals surface area (Å²) >= 11 is 1.52. The summed E-state index contributed by atoms with van der Waals surface area (Å²) in [6.45, 7) is -0.00958. The Labute approximate surface area is 95.8 Å². The van der Waals surface area contributed by atoms with Gasteiger partial charge in [0.1, 0.15) is 0 Å². The van der Waals surface area contributed by atoms with Crippen molar-refractivity contribution in [3.8, 4) is 0 Å². The number of hydrogen-bond donors (Lipinski definition) is 2. The molecule has 2 rings (SSSR count). The van der Waals surface area contributed by atoms with E-state index in [2.05, 4.69) is 10.6 Å². The van der Waals surface area contributed by atoms with Crippen LogP contribution >= 0.6 is 11.3 Å². The second kappa shape index (κ2) is 4.47. The highest BCUT2D eigenvalue weighted by molar-refractivity contribution is 7.09. The fourth-order valence-corrected chi connectivity index (χ4v) is 2.26. The van der Waals surface area contributed by atoms with Gasteiger partial charge < -0.3 is 5.32 Å². The van der Waals surface area contributed by atoms with Gasteiger partial charge in [0.2, 0.25) is 5.91 Å². The lowest BCUT2D eigenvalue weighted by molar-refractivity contribution is -0.123. The minimum atomic E-state index is -2.76. The van der Waals surface area contributed by atoms with Gasteiger partial charge >= 0.3 is 0 Å². The van der Waals surface area contributed by atoms with Crippen LogP contribution in [-0.2, 0) is 11.3 Å². The van der Waals surface area contributed by atoms with E-state index in [9.17, 15) is 13.6 Å². The summed E-state index contributed by atoms with van der Waals surface area (Å²) in [6.07, 6.45) is -0.413. The Morgan fingerprint density at radius 2 is 2.50 bits per heavy atom. The van der Waals surface area contributed by atoms with Crippen LogP contribution in [0, 0.1) is 0 Å². The van der Waals surface area contributed by atoms with Crippen LogP contribution in [-0.4, -0.2) is 24.4 Å². The van der Waals surface area contributed by atoms with Crippen molar-refractivity contribution < 1.29 is 13.6 Å². The predicted molar refractivity (Wildman–Crippen MR) is 57.5 cm³/mol. The van der Waals surface area contributed by atoms with Crippen LogP contribution in [0.4, 0.5) is 8.78 Å². The van der Waals surface area contributed by atoms with Crippen molar-refractivity contribution in [2.75, 3.05) is 6.54 Å². The first-order valence-corrected chi connectivity index (χ1v) is 5.86. The average molecular weight is 246 g/mol. The molecule has 0 radical (unpaired) electrons. The van der Waals surface area contributed by atoms with Crippen molar-refractivity contribution >= 4 is 17.2 Å². The molecule has 16 heavy (non-hydrogen) atoms. The van der Waals surface area contributed by atoms with E-state index in [0.29, 0.717) is 6.54 Å². The molecule has 0 spiro atoms. The molecule has 1 saturated heterocycles. The lowest BCUT2D eigenvalue weighted by Crippen LogP contribution is -2.39. The van der Waals surface area contributed by atoms with Crippen LogP contribution in [0.1, 0.15) is 11.3 Å². The number of rotatable bonds is 3. The van der Waals surface area contributed by atoms with Crippen molar-refractivity contribution in [2.24, 2.45) is 0 Å². The number of hydrogen-bond acceptors (Lipinski definition) is 3. The van der Waals surface area contributed by atoms with Crippen LogP contribution < -0.4 is 10.6 Å². The van der Waals surface area contributed by atoms with Gasteiger partial charge in [-0.3, -0.25) is 10.1 Å². The van der Waals surface area contributed by atoms with Crippen LogP contribution in [0.25, 0.3) is 0 Å². The Morgan fingerprint density at radius 1 is 1.69 bits per heavy atom. The molecule has 1 amide bonds. The molecule has 1 aromatic rings. The van der Waals surface area contributed by atoms with E-state index in [-0.39, 0.29) is 5.91 Å². The van der Waals surface area contributed by atoms with Crippen LogP contribution in [0.2, 0.25) is 0 Å². The second-order valence-corrected chi connectivity index (χ2v) is 4.82. The minimum Gasteiger partial charge on any atom is -0.350 e. The van der Waals surface area contributed by atoms with Gasteiger partial charge in [-0.15, -0.1) is 11.3 Å². The third-order valence-electron chi connectivity index (χ3n) is 2.44. The molecule has 1 aliphatic heterocycles. The van der Waals surface area contributed by atoms with Gasteiger partial charge in [0.05, 0.1) is 19.1 Å². The van der Waals surface area contributed by atoms with Crippen molar-refractivity contribution in [3.63, 3.8) is 0 Å². The number of alkyl halides is 2. The van der Waals surface area contributed by atoms with E-state index in [1.165, 1.54) is 11.3 Å². The zero-order valence-corrected chi connectivity index (χ0v) is 9.32. The monoisotopic (exact) mass is 246 g/mol. The molecule has 88 valence electrons. The molecule has 1 fully saturated rings. The maximum Gasteiger partial charge on any atom is 0.262 e.